The first-order valence-electron chi connectivity index (χ1n) is 15.1. The molecule has 8 heteroatoms. The van der Waals surface area contributed by atoms with E-state index >= 15 is 0 Å². The third kappa shape index (κ3) is 25.7. The summed E-state index contributed by atoms with van der Waals surface area (Å²) in [6.07, 6.45) is 18.9. The molecule has 0 aromatic rings. The minimum atomic E-state index is -0.770. The van der Waals surface area contributed by atoms with Crippen molar-refractivity contribution < 1.29 is 29.4 Å². The van der Waals surface area contributed by atoms with Crippen LogP contribution in [0.3, 0.4) is 0 Å². The Labute approximate surface area is 231 Å². The van der Waals surface area contributed by atoms with Crippen molar-refractivity contribution >= 4 is 23.6 Å². The number of nitrogens with zero attached hydrogens (tertiary/aromatic N) is 1. The van der Waals surface area contributed by atoms with Crippen LogP contribution in [0.2, 0.25) is 0 Å². The number of rotatable bonds is 28. The maximum Gasteiger partial charge on any atom is 0.306 e. The van der Waals surface area contributed by atoms with Crippen LogP contribution in [0.1, 0.15) is 135 Å². The van der Waals surface area contributed by atoms with Crippen molar-refractivity contribution in [2.24, 2.45) is 5.92 Å². The average Bonchev–Trinajstić information content (AvgIpc) is 2.87. The second-order valence-corrected chi connectivity index (χ2v) is 10.9. The summed E-state index contributed by atoms with van der Waals surface area (Å²) in [6, 6.07) is 0. The number of ketones is 1. The molecule has 0 aliphatic rings. The summed E-state index contributed by atoms with van der Waals surface area (Å²) in [4.78, 5) is 47.4. The highest BCUT2D eigenvalue weighted by atomic mass is 16.4. The maximum absolute atomic E-state index is 12.1. The van der Waals surface area contributed by atoms with E-state index in [1.807, 2.05) is 7.05 Å². The zero-order valence-electron chi connectivity index (χ0n) is 24.3. The van der Waals surface area contributed by atoms with Crippen molar-refractivity contribution in [1.82, 2.24) is 10.2 Å². The second-order valence-electron chi connectivity index (χ2n) is 10.9. The van der Waals surface area contributed by atoms with Crippen LogP contribution < -0.4 is 5.32 Å². The molecule has 0 heterocycles. The number of carbonyl (C=O) groups is 4. The number of unbranched alkanes of at least 4 members (excludes halogenated alkanes) is 12. The molecule has 0 saturated carbocycles. The molecule has 0 saturated heterocycles. The summed E-state index contributed by atoms with van der Waals surface area (Å²) in [5, 5.41) is 20.4. The number of aliphatic carboxylic acids is 2. The Bertz CT molecular complexity index is 640. The van der Waals surface area contributed by atoms with Gasteiger partial charge in [0.25, 0.3) is 0 Å². The van der Waals surface area contributed by atoms with Gasteiger partial charge < -0.3 is 20.4 Å². The summed E-state index contributed by atoms with van der Waals surface area (Å²) in [5.74, 6) is -1.43. The molecule has 8 nitrogen and oxygen atoms in total. The van der Waals surface area contributed by atoms with E-state index in [4.69, 9.17) is 10.2 Å². The van der Waals surface area contributed by atoms with Gasteiger partial charge in [-0.25, -0.2) is 0 Å². The highest BCUT2D eigenvalue weighted by Crippen LogP contribution is 2.13. The van der Waals surface area contributed by atoms with Gasteiger partial charge in [-0.1, -0.05) is 77.6 Å². The Hall–Kier alpha value is -1.96. The Morgan fingerprint density at radius 1 is 0.632 bits per heavy atom. The van der Waals surface area contributed by atoms with Crippen molar-refractivity contribution in [1.29, 1.82) is 0 Å². The Balaban J connectivity index is 3.45. The van der Waals surface area contributed by atoms with E-state index in [1.54, 1.807) is 6.92 Å². The van der Waals surface area contributed by atoms with Crippen LogP contribution in [0.15, 0.2) is 0 Å². The summed E-state index contributed by atoms with van der Waals surface area (Å²) in [6.45, 7) is 3.77. The van der Waals surface area contributed by atoms with Gasteiger partial charge in [-0.3, -0.25) is 19.2 Å². The van der Waals surface area contributed by atoms with Crippen LogP contribution in [-0.4, -0.2) is 65.4 Å². The molecule has 222 valence electrons. The van der Waals surface area contributed by atoms with Gasteiger partial charge in [0.2, 0.25) is 5.91 Å². The van der Waals surface area contributed by atoms with Crippen LogP contribution >= 0.6 is 0 Å². The van der Waals surface area contributed by atoms with Gasteiger partial charge in [-0.2, -0.15) is 0 Å². The Morgan fingerprint density at radius 2 is 1.13 bits per heavy atom. The van der Waals surface area contributed by atoms with E-state index in [2.05, 4.69) is 10.2 Å². The number of Topliss-reactive ketones (excluding diaryl/α,β-unsaturated/α-hetero) is 1. The fourth-order valence-corrected chi connectivity index (χ4v) is 4.46. The number of nitrogens with one attached hydrogen (secondary N) is 1. The Kier molecular flexibility index (Phi) is 24.0. The van der Waals surface area contributed by atoms with E-state index < -0.39 is 11.9 Å². The molecule has 38 heavy (non-hydrogen) atoms. The molecule has 0 rings (SSSR count). The molecular weight excluding hydrogens is 484 g/mol. The number of hydrogen-bond donors (Lipinski definition) is 3. The minimum absolute atomic E-state index is 0.0178. The average molecular weight is 541 g/mol. The molecular formula is C30H56N2O6. The van der Waals surface area contributed by atoms with Gasteiger partial charge in [0, 0.05) is 38.8 Å². The van der Waals surface area contributed by atoms with Crippen molar-refractivity contribution in [2.45, 2.75) is 135 Å². The lowest BCUT2D eigenvalue weighted by Gasteiger charge is -2.16. The van der Waals surface area contributed by atoms with Crippen molar-refractivity contribution in [3.63, 3.8) is 0 Å². The monoisotopic (exact) mass is 540 g/mol. The highest BCUT2D eigenvalue weighted by molar-refractivity contribution is 5.78. The molecule has 0 bridgehead atoms. The molecule has 1 amide bonds. The van der Waals surface area contributed by atoms with E-state index in [0.717, 1.165) is 57.9 Å². The lowest BCUT2D eigenvalue weighted by molar-refractivity contribution is -0.141. The smallest absolute Gasteiger partial charge is 0.306 e. The first-order valence-corrected chi connectivity index (χ1v) is 15.1. The molecule has 3 N–H and O–H groups in total. The van der Waals surface area contributed by atoms with E-state index in [0.29, 0.717) is 51.0 Å². The Morgan fingerprint density at radius 3 is 1.66 bits per heavy atom. The third-order valence-electron chi connectivity index (χ3n) is 7.12. The van der Waals surface area contributed by atoms with Gasteiger partial charge in [-0.15, -0.1) is 0 Å². The molecule has 0 aliphatic heterocycles. The third-order valence-corrected chi connectivity index (χ3v) is 7.12. The predicted octanol–water partition coefficient (Wildman–Crippen LogP) is 6.21. The fraction of sp³-hybridized carbons (Fsp3) is 0.867. The fourth-order valence-electron chi connectivity index (χ4n) is 4.46. The zero-order chi connectivity index (χ0) is 28.4. The van der Waals surface area contributed by atoms with Gasteiger partial charge in [0.15, 0.2) is 0 Å². The van der Waals surface area contributed by atoms with Crippen LogP contribution in [0.4, 0.5) is 0 Å². The number of carbonyl (C=O) groups excluding carboxylic acids is 2. The molecule has 0 fully saturated rings. The molecule has 0 aromatic carbocycles. The van der Waals surface area contributed by atoms with Crippen molar-refractivity contribution in [3.05, 3.63) is 0 Å². The van der Waals surface area contributed by atoms with E-state index in [1.165, 1.54) is 44.9 Å². The number of carboxylic acids is 2. The van der Waals surface area contributed by atoms with Crippen molar-refractivity contribution in [2.75, 3.05) is 26.7 Å². The standard InChI is InChI=1S/C30H56N2O6/c1-26(30(37)38)18-15-16-23-31-28(34)22-25-32(2)24-17-20-27(33)19-13-11-9-7-5-3-4-6-8-10-12-14-21-29(35)36/h26H,3-25H2,1-2H3,(H,31,34)(H,35,36)(H,37,38)/t26-/m0/s1. The van der Waals surface area contributed by atoms with Gasteiger partial charge in [0.05, 0.1) is 5.92 Å². The summed E-state index contributed by atoms with van der Waals surface area (Å²) in [5.41, 5.74) is 0. The molecule has 0 radical (unpaired) electrons. The molecule has 0 aliphatic carbocycles. The predicted molar refractivity (Wildman–Crippen MR) is 152 cm³/mol. The zero-order valence-corrected chi connectivity index (χ0v) is 24.3. The van der Waals surface area contributed by atoms with Crippen LogP contribution in [0.25, 0.3) is 0 Å². The highest BCUT2D eigenvalue weighted by Gasteiger charge is 2.10. The van der Waals surface area contributed by atoms with Crippen LogP contribution in [-0.2, 0) is 19.2 Å². The van der Waals surface area contributed by atoms with Crippen molar-refractivity contribution in [3.8, 4) is 0 Å². The lowest BCUT2D eigenvalue weighted by Crippen LogP contribution is -2.30. The first-order chi connectivity index (χ1) is 18.2. The van der Waals surface area contributed by atoms with Crippen LogP contribution in [0.5, 0.6) is 0 Å². The van der Waals surface area contributed by atoms with Gasteiger partial charge in [-0.05, 0) is 45.7 Å². The quantitative estimate of drug-likeness (QED) is 0.101. The molecule has 1 atom stereocenters. The number of amides is 1. The normalized spacial score (nSPS) is 12.0. The molecule has 0 aromatic heterocycles. The summed E-state index contributed by atoms with van der Waals surface area (Å²) < 4.78 is 0. The van der Waals surface area contributed by atoms with E-state index in [9.17, 15) is 19.2 Å². The molecule has 0 spiro atoms. The van der Waals surface area contributed by atoms with Crippen LogP contribution in [0, 0.1) is 5.92 Å². The SMILES string of the molecule is C[C@@H](CCCCNC(=O)CCN(C)CCCC(=O)CCCCCCCCCCCCCCC(=O)O)C(=O)O. The van der Waals surface area contributed by atoms with Gasteiger partial charge in [0.1, 0.15) is 5.78 Å². The molecule has 0 unspecified atom stereocenters. The maximum atomic E-state index is 12.1. The lowest BCUT2D eigenvalue weighted by atomic mass is 10.0. The summed E-state index contributed by atoms with van der Waals surface area (Å²) >= 11 is 0. The largest absolute Gasteiger partial charge is 0.481 e. The number of hydrogen-bond acceptors (Lipinski definition) is 5. The number of carboxylic acid groups (broad SMARTS) is 2. The minimum Gasteiger partial charge on any atom is -0.481 e. The van der Waals surface area contributed by atoms with E-state index in [-0.39, 0.29) is 11.8 Å². The first kappa shape index (κ1) is 36.0. The van der Waals surface area contributed by atoms with Gasteiger partial charge >= 0.3 is 11.9 Å². The summed E-state index contributed by atoms with van der Waals surface area (Å²) in [7, 11) is 1.98. The second kappa shape index (κ2) is 25.3. The topological polar surface area (TPSA) is 124 Å².